The van der Waals surface area contributed by atoms with Crippen molar-refractivity contribution in [2.75, 3.05) is 6.61 Å². The molecule has 0 aromatic carbocycles. The van der Waals surface area contributed by atoms with E-state index in [1.165, 1.54) is 6.92 Å². The Bertz CT molecular complexity index is 131. The minimum atomic E-state index is -0.935. The van der Waals surface area contributed by atoms with Crippen LogP contribution in [0.25, 0.3) is 0 Å². The lowest BCUT2D eigenvalue weighted by Gasteiger charge is -1.79. The number of aliphatic carboxylic acids is 1. The zero-order chi connectivity index (χ0) is 9.28. The fourth-order valence-corrected chi connectivity index (χ4v) is 0.0680. The highest BCUT2D eigenvalue weighted by molar-refractivity contribution is 5.84. The van der Waals surface area contributed by atoms with Crippen molar-refractivity contribution >= 4 is 5.97 Å². The van der Waals surface area contributed by atoms with Gasteiger partial charge >= 0.3 is 5.97 Å². The van der Waals surface area contributed by atoms with Crippen molar-refractivity contribution in [3.05, 3.63) is 24.8 Å². The quantitative estimate of drug-likeness (QED) is 0.361. The average Bonchev–Trinajstić information content (AvgIpc) is 1.90. The Morgan fingerprint density at radius 2 is 2.18 bits per heavy atom. The molecule has 11 heavy (non-hydrogen) atoms. The zero-order valence-corrected chi connectivity index (χ0v) is 6.54. The van der Waals surface area contributed by atoms with Crippen molar-refractivity contribution < 1.29 is 14.7 Å². The van der Waals surface area contributed by atoms with E-state index in [-0.39, 0.29) is 5.57 Å². The highest BCUT2D eigenvalue weighted by Crippen LogP contribution is 1.81. The second kappa shape index (κ2) is 8.87. The topological polar surface area (TPSA) is 72.5 Å². The fourth-order valence-electron chi connectivity index (χ4n) is 0.0680. The highest BCUT2D eigenvalue weighted by Gasteiger charge is 1.90. The standard InChI is InChI=1S/C4H6O2.C3H7NO/c1-3(2)4(5)6;1-2-3-5-4/h1H2,2H3,(H,5,6);2H,1,3-4H2. The van der Waals surface area contributed by atoms with Crippen molar-refractivity contribution in [2.45, 2.75) is 6.92 Å². The monoisotopic (exact) mass is 159 g/mol. The Labute approximate surface area is 65.9 Å². The Balaban J connectivity index is 0. The predicted molar refractivity (Wildman–Crippen MR) is 42.8 cm³/mol. The van der Waals surface area contributed by atoms with Crippen LogP contribution in [0.4, 0.5) is 0 Å². The number of carboxylic acids is 1. The third kappa shape index (κ3) is 17.7. The third-order valence-corrected chi connectivity index (χ3v) is 0.579. The van der Waals surface area contributed by atoms with Crippen LogP contribution in [0.15, 0.2) is 24.8 Å². The molecule has 3 N–H and O–H groups in total. The Morgan fingerprint density at radius 1 is 1.82 bits per heavy atom. The molecule has 0 fully saturated rings. The maximum atomic E-state index is 9.60. The van der Waals surface area contributed by atoms with Crippen molar-refractivity contribution in [3.63, 3.8) is 0 Å². The third-order valence-electron chi connectivity index (χ3n) is 0.579. The molecule has 0 saturated heterocycles. The first-order valence-corrected chi connectivity index (χ1v) is 2.87. The van der Waals surface area contributed by atoms with Gasteiger partial charge in [0.15, 0.2) is 0 Å². The number of rotatable bonds is 3. The van der Waals surface area contributed by atoms with Gasteiger partial charge in [-0.3, -0.25) is 0 Å². The van der Waals surface area contributed by atoms with E-state index >= 15 is 0 Å². The van der Waals surface area contributed by atoms with E-state index in [1.807, 2.05) is 0 Å². The first-order chi connectivity index (χ1) is 5.06. The summed E-state index contributed by atoms with van der Waals surface area (Å²) in [5.74, 6) is 3.63. The summed E-state index contributed by atoms with van der Waals surface area (Å²) in [5, 5.41) is 7.89. The summed E-state index contributed by atoms with van der Waals surface area (Å²) in [6, 6.07) is 0. The molecule has 0 aliphatic rings. The van der Waals surface area contributed by atoms with Crippen LogP contribution in [-0.4, -0.2) is 17.7 Å². The summed E-state index contributed by atoms with van der Waals surface area (Å²) >= 11 is 0. The molecule has 0 bridgehead atoms. The number of hydrogen-bond donors (Lipinski definition) is 2. The molecular formula is C7H13NO3. The van der Waals surface area contributed by atoms with E-state index in [9.17, 15) is 4.79 Å². The Morgan fingerprint density at radius 3 is 2.18 bits per heavy atom. The summed E-state index contributed by atoms with van der Waals surface area (Å²) < 4.78 is 0. The summed E-state index contributed by atoms with van der Waals surface area (Å²) in [6.45, 7) is 8.38. The second-order valence-corrected chi connectivity index (χ2v) is 1.71. The fraction of sp³-hybridized carbons (Fsp3) is 0.286. The van der Waals surface area contributed by atoms with Gasteiger partial charge in [-0.1, -0.05) is 12.7 Å². The minimum absolute atomic E-state index is 0.176. The molecule has 0 amide bonds. The van der Waals surface area contributed by atoms with Gasteiger partial charge < -0.3 is 9.94 Å². The van der Waals surface area contributed by atoms with Crippen LogP contribution in [0.1, 0.15) is 6.92 Å². The van der Waals surface area contributed by atoms with Gasteiger partial charge in [0.25, 0.3) is 0 Å². The number of nitrogens with two attached hydrogens (primary N) is 1. The molecule has 0 saturated carbocycles. The summed E-state index contributed by atoms with van der Waals surface area (Å²) in [5.41, 5.74) is 0.176. The summed E-state index contributed by atoms with van der Waals surface area (Å²) in [6.07, 6.45) is 1.58. The first kappa shape index (κ1) is 12.5. The van der Waals surface area contributed by atoms with E-state index in [0.717, 1.165) is 0 Å². The van der Waals surface area contributed by atoms with Gasteiger partial charge in [0, 0.05) is 5.57 Å². The zero-order valence-electron chi connectivity index (χ0n) is 6.54. The molecule has 0 aromatic heterocycles. The molecule has 4 heteroatoms. The lowest BCUT2D eigenvalue weighted by atomic mass is 10.4. The first-order valence-electron chi connectivity index (χ1n) is 2.87. The minimum Gasteiger partial charge on any atom is -0.478 e. The molecule has 0 atom stereocenters. The van der Waals surface area contributed by atoms with E-state index in [4.69, 9.17) is 5.11 Å². The number of carbonyl (C=O) groups is 1. The molecule has 0 spiro atoms. The molecule has 0 aromatic rings. The molecule has 0 rings (SSSR count). The van der Waals surface area contributed by atoms with Gasteiger partial charge in [-0.15, -0.1) is 6.58 Å². The highest BCUT2D eigenvalue weighted by atomic mass is 16.6. The second-order valence-electron chi connectivity index (χ2n) is 1.71. The molecular weight excluding hydrogens is 146 g/mol. The van der Waals surface area contributed by atoms with E-state index in [1.54, 1.807) is 6.08 Å². The smallest absolute Gasteiger partial charge is 0.330 e. The molecule has 0 radical (unpaired) electrons. The number of carboxylic acid groups (broad SMARTS) is 1. The number of hydrogen-bond acceptors (Lipinski definition) is 3. The van der Waals surface area contributed by atoms with Crippen LogP contribution in [0.5, 0.6) is 0 Å². The maximum absolute atomic E-state index is 9.60. The van der Waals surface area contributed by atoms with Gasteiger partial charge in [0.05, 0.1) is 6.61 Å². The Kier molecular flexibility index (Phi) is 10.1. The molecule has 64 valence electrons. The van der Waals surface area contributed by atoms with Crippen LogP contribution in [0.3, 0.4) is 0 Å². The molecule has 0 heterocycles. The van der Waals surface area contributed by atoms with Crippen LogP contribution in [0.2, 0.25) is 0 Å². The van der Waals surface area contributed by atoms with E-state index in [2.05, 4.69) is 23.9 Å². The van der Waals surface area contributed by atoms with Gasteiger partial charge in [-0.05, 0) is 6.92 Å². The molecule has 4 nitrogen and oxygen atoms in total. The molecule has 0 unspecified atom stereocenters. The van der Waals surface area contributed by atoms with Crippen molar-refractivity contribution in [1.82, 2.24) is 0 Å². The van der Waals surface area contributed by atoms with Crippen molar-refractivity contribution in [2.24, 2.45) is 5.90 Å². The lowest BCUT2D eigenvalue weighted by Crippen LogP contribution is -1.96. The molecule has 0 aliphatic carbocycles. The van der Waals surface area contributed by atoms with Crippen molar-refractivity contribution in [3.8, 4) is 0 Å². The molecule has 0 aliphatic heterocycles. The van der Waals surface area contributed by atoms with Gasteiger partial charge in [0.2, 0.25) is 0 Å². The predicted octanol–water partition coefficient (Wildman–Crippen LogP) is 0.710. The van der Waals surface area contributed by atoms with Gasteiger partial charge in [-0.2, -0.15) is 0 Å². The van der Waals surface area contributed by atoms with Crippen LogP contribution in [0, 0.1) is 0 Å². The SMILES string of the molecule is C=C(C)C(=O)O.C=CCON. The average molecular weight is 159 g/mol. The van der Waals surface area contributed by atoms with Crippen LogP contribution in [-0.2, 0) is 9.63 Å². The van der Waals surface area contributed by atoms with Crippen LogP contribution < -0.4 is 5.90 Å². The normalized spacial score (nSPS) is 7.45. The van der Waals surface area contributed by atoms with Gasteiger partial charge in [0.1, 0.15) is 0 Å². The summed E-state index contributed by atoms with van der Waals surface area (Å²) in [4.78, 5) is 13.7. The lowest BCUT2D eigenvalue weighted by molar-refractivity contribution is -0.132. The van der Waals surface area contributed by atoms with Crippen LogP contribution >= 0.6 is 0 Å². The van der Waals surface area contributed by atoms with E-state index < -0.39 is 5.97 Å². The van der Waals surface area contributed by atoms with Crippen molar-refractivity contribution in [1.29, 1.82) is 0 Å². The maximum Gasteiger partial charge on any atom is 0.330 e. The summed E-state index contributed by atoms with van der Waals surface area (Å²) in [7, 11) is 0. The Hall–Kier alpha value is -1.13. The van der Waals surface area contributed by atoms with E-state index in [0.29, 0.717) is 6.61 Å². The van der Waals surface area contributed by atoms with Gasteiger partial charge in [-0.25, -0.2) is 10.7 Å². The largest absolute Gasteiger partial charge is 0.478 e.